The zero-order chi connectivity index (χ0) is 4.41. The van der Waals surface area contributed by atoms with Gasteiger partial charge < -0.3 is 4.74 Å². The second-order valence-corrected chi connectivity index (χ2v) is 2.25. The lowest BCUT2D eigenvalue weighted by molar-refractivity contribution is 0.159. The molecule has 0 aromatic carbocycles. The molecule has 0 N–H and O–H groups in total. The molecule has 1 saturated heterocycles. The van der Waals surface area contributed by atoms with Crippen LogP contribution in [0.2, 0.25) is 0 Å². The first kappa shape index (κ1) is 4.47. The minimum absolute atomic E-state index is 0.259. The molecule has 0 aliphatic carbocycles. The van der Waals surface area contributed by atoms with Crippen LogP contribution in [0, 0.1) is 6.92 Å². The van der Waals surface area contributed by atoms with Crippen molar-refractivity contribution in [2.45, 2.75) is 6.10 Å². The van der Waals surface area contributed by atoms with Crippen LogP contribution in [-0.2, 0) is 4.74 Å². The van der Waals surface area contributed by atoms with Crippen LogP contribution >= 0.6 is 11.8 Å². The third-order valence-electron chi connectivity index (χ3n) is 0.691. The number of rotatable bonds is 0. The predicted molar refractivity (Wildman–Crippen MR) is 27.6 cm³/mol. The summed E-state index contributed by atoms with van der Waals surface area (Å²) in [5.74, 6) is 1.91. The Hall–Kier alpha value is 0.310. The molecule has 1 radical (unpaired) electrons. The average molecular weight is 103 g/mol. The van der Waals surface area contributed by atoms with Gasteiger partial charge in [0.1, 0.15) is 0 Å². The van der Waals surface area contributed by atoms with Crippen molar-refractivity contribution in [3.63, 3.8) is 0 Å². The normalized spacial score (nSPS) is 34.5. The van der Waals surface area contributed by atoms with Crippen LogP contribution in [0.3, 0.4) is 0 Å². The summed E-state index contributed by atoms with van der Waals surface area (Å²) in [5.41, 5.74) is 0. The van der Waals surface area contributed by atoms with Crippen LogP contribution in [0.15, 0.2) is 0 Å². The highest BCUT2D eigenvalue weighted by Gasteiger charge is 2.07. The quantitative estimate of drug-likeness (QED) is 0.450. The summed E-state index contributed by atoms with van der Waals surface area (Å²) in [6.45, 7) is 3.69. The minimum atomic E-state index is 0.259. The van der Waals surface area contributed by atoms with Gasteiger partial charge in [-0.15, -0.1) is 11.8 Å². The summed E-state index contributed by atoms with van der Waals surface area (Å²) < 4.78 is 5.00. The van der Waals surface area contributed by atoms with Crippen LogP contribution in [0.5, 0.6) is 0 Å². The monoisotopic (exact) mass is 103 g/mol. The fourth-order valence-corrected chi connectivity index (χ4v) is 1.12. The van der Waals surface area contributed by atoms with Crippen LogP contribution in [0.25, 0.3) is 0 Å². The van der Waals surface area contributed by atoms with Gasteiger partial charge in [-0.2, -0.15) is 0 Å². The van der Waals surface area contributed by atoms with E-state index in [1.54, 1.807) is 11.8 Å². The van der Waals surface area contributed by atoms with E-state index < -0.39 is 0 Å². The van der Waals surface area contributed by atoms with E-state index in [4.69, 9.17) is 4.74 Å². The zero-order valence-electron chi connectivity index (χ0n) is 3.52. The van der Waals surface area contributed by atoms with Crippen molar-refractivity contribution >= 4 is 11.8 Å². The van der Waals surface area contributed by atoms with Crippen molar-refractivity contribution in [1.82, 2.24) is 0 Å². The fraction of sp³-hybridized carbons (Fsp3) is 0.750. The topological polar surface area (TPSA) is 9.23 Å². The van der Waals surface area contributed by atoms with E-state index in [1.165, 1.54) is 0 Å². The standard InChI is InChI=1S/C4H7OS/c1-4-2-6-3-5-4/h4H,1-3H2. The van der Waals surface area contributed by atoms with Crippen molar-refractivity contribution in [1.29, 1.82) is 0 Å². The Morgan fingerprint density at radius 3 is 2.83 bits per heavy atom. The lowest BCUT2D eigenvalue weighted by Crippen LogP contribution is -1.99. The van der Waals surface area contributed by atoms with Crippen LogP contribution in [0.1, 0.15) is 0 Å². The first-order valence-electron chi connectivity index (χ1n) is 1.92. The largest absolute Gasteiger partial charge is 0.367 e. The molecule has 1 fully saturated rings. The maximum Gasteiger partial charge on any atom is 0.0926 e. The molecule has 1 atom stereocenters. The Morgan fingerprint density at radius 2 is 2.67 bits per heavy atom. The number of thioether (sulfide) groups is 1. The molecule has 6 heavy (non-hydrogen) atoms. The number of hydrogen-bond donors (Lipinski definition) is 0. The van der Waals surface area contributed by atoms with E-state index in [-0.39, 0.29) is 6.10 Å². The molecule has 1 aliphatic rings. The van der Waals surface area contributed by atoms with Gasteiger partial charge in [-0.25, -0.2) is 0 Å². The predicted octanol–water partition coefficient (Wildman–Crippen LogP) is 0.910. The highest BCUT2D eigenvalue weighted by Crippen LogP contribution is 2.13. The SMILES string of the molecule is [CH2]C1CSCO1. The third-order valence-corrected chi connectivity index (χ3v) is 1.60. The highest BCUT2D eigenvalue weighted by atomic mass is 32.2. The number of ether oxygens (including phenoxy) is 1. The molecule has 0 saturated carbocycles. The van der Waals surface area contributed by atoms with Gasteiger partial charge in [0.2, 0.25) is 0 Å². The summed E-state index contributed by atoms with van der Waals surface area (Å²) in [5, 5.41) is 0. The second kappa shape index (κ2) is 1.85. The van der Waals surface area contributed by atoms with Crippen molar-refractivity contribution in [3.8, 4) is 0 Å². The molecule has 35 valence electrons. The molecule has 1 nitrogen and oxygen atoms in total. The van der Waals surface area contributed by atoms with E-state index in [0.717, 1.165) is 11.7 Å². The third kappa shape index (κ3) is 0.884. The molecule has 0 amide bonds. The first-order valence-corrected chi connectivity index (χ1v) is 3.07. The fourth-order valence-electron chi connectivity index (χ4n) is 0.372. The van der Waals surface area contributed by atoms with Crippen LogP contribution in [-0.4, -0.2) is 17.8 Å². The maximum absolute atomic E-state index is 5.00. The Bertz CT molecular complexity index is 40.8. The minimum Gasteiger partial charge on any atom is -0.367 e. The van der Waals surface area contributed by atoms with Crippen molar-refractivity contribution in [3.05, 3.63) is 6.92 Å². The summed E-state index contributed by atoms with van der Waals surface area (Å²) >= 11 is 1.80. The molecule has 1 aliphatic heterocycles. The Labute approximate surface area is 42.1 Å². The van der Waals surface area contributed by atoms with Gasteiger partial charge in [0.15, 0.2) is 0 Å². The second-order valence-electron chi connectivity index (χ2n) is 1.28. The lowest BCUT2D eigenvalue weighted by atomic mass is 10.5. The molecule has 1 heterocycles. The molecule has 0 spiro atoms. The summed E-state index contributed by atoms with van der Waals surface area (Å²) in [6.07, 6.45) is 0.259. The van der Waals surface area contributed by atoms with Crippen molar-refractivity contribution in [2.24, 2.45) is 0 Å². The lowest BCUT2D eigenvalue weighted by Gasteiger charge is -1.92. The van der Waals surface area contributed by atoms with Gasteiger partial charge in [-0.3, -0.25) is 0 Å². The van der Waals surface area contributed by atoms with Crippen LogP contribution in [0.4, 0.5) is 0 Å². The van der Waals surface area contributed by atoms with Gasteiger partial charge >= 0.3 is 0 Å². The molecule has 0 bridgehead atoms. The molecular formula is C4H7OS. The van der Waals surface area contributed by atoms with Gasteiger partial charge in [0, 0.05) is 5.75 Å². The molecule has 1 rings (SSSR count). The maximum atomic E-state index is 5.00. The molecule has 0 aromatic heterocycles. The Balaban J connectivity index is 2.18. The summed E-state index contributed by atoms with van der Waals surface area (Å²) in [7, 11) is 0. The van der Waals surface area contributed by atoms with Crippen LogP contribution < -0.4 is 0 Å². The first-order chi connectivity index (χ1) is 2.89. The van der Waals surface area contributed by atoms with Crippen molar-refractivity contribution in [2.75, 3.05) is 11.7 Å². The molecule has 0 aromatic rings. The van der Waals surface area contributed by atoms with Gasteiger partial charge in [-0.1, -0.05) is 0 Å². The van der Waals surface area contributed by atoms with Crippen molar-refractivity contribution < 1.29 is 4.74 Å². The summed E-state index contributed by atoms with van der Waals surface area (Å²) in [4.78, 5) is 0. The molecule has 1 unspecified atom stereocenters. The zero-order valence-corrected chi connectivity index (χ0v) is 4.33. The average Bonchev–Trinajstić information content (AvgIpc) is 1.86. The van der Waals surface area contributed by atoms with E-state index in [9.17, 15) is 0 Å². The Kier molecular flexibility index (Phi) is 1.37. The molecule has 2 heteroatoms. The van der Waals surface area contributed by atoms with E-state index in [0.29, 0.717) is 0 Å². The smallest absolute Gasteiger partial charge is 0.0926 e. The summed E-state index contributed by atoms with van der Waals surface area (Å²) in [6, 6.07) is 0. The van der Waals surface area contributed by atoms with E-state index in [1.807, 2.05) is 0 Å². The van der Waals surface area contributed by atoms with Gasteiger partial charge in [0.25, 0.3) is 0 Å². The van der Waals surface area contributed by atoms with E-state index >= 15 is 0 Å². The highest BCUT2D eigenvalue weighted by molar-refractivity contribution is 7.99. The molecular weight excluding hydrogens is 96.1 g/mol. The van der Waals surface area contributed by atoms with Gasteiger partial charge in [0.05, 0.1) is 12.0 Å². The van der Waals surface area contributed by atoms with E-state index in [2.05, 4.69) is 6.92 Å². The van der Waals surface area contributed by atoms with Gasteiger partial charge in [-0.05, 0) is 6.92 Å². The Morgan fingerprint density at radius 1 is 1.83 bits per heavy atom. The number of hydrogen-bond acceptors (Lipinski definition) is 2.